The van der Waals surface area contributed by atoms with Crippen LogP contribution in [0.15, 0.2) is 12.2 Å². The summed E-state index contributed by atoms with van der Waals surface area (Å²) in [4.78, 5) is 24.1. The Balaban J connectivity index is 2.07. The van der Waals surface area contributed by atoms with E-state index in [0.717, 1.165) is 6.42 Å². The minimum Gasteiger partial charge on any atom is -0.461 e. The summed E-state index contributed by atoms with van der Waals surface area (Å²) in [6.07, 6.45) is 4.21. The van der Waals surface area contributed by atoms with Crippen LogP contribution in [0, 0.1) is 23.2 Å². The summed E-state index contributed by atoms with van der Waals surface area (Å²) < 4.78 is 5.51. The number of esters is 1. The Bertz CT molecular complexity index is 479. The largest absolute Gasteiger partial charge is 0.461 e. The van der Waals surface area contributed by atoms with E-state index >= 15 is 0 Å². The van der Waals surface area contributed by atoms with Crippen molar-refractivity contribution in [2.75, 3.05) is 0 Å². The van der Waals surface area contributed by atoms with Crippen LogP contribution in [0.3, 0.4) is 0 Å². The van der Waals surface area contributed by atoms with Gasteiger partial charge in [0.15, 0.2) is 5.78 Å². The van der Waals surface area contributed by atoms with Gasteiger partial charge in [-0.2, -0.15) is 0 Å². The third-order valence-electron chi connectivity index (χ3n) is 5.46. The molecule has 3 aliphatic rings. The highest BCUT2D eigenvalue weighted by molar-refractivity contribution is 5.96. The number of carbonyl (C=O) groups excluding carboxylic acids is 2. The molecule has 0 radical (unpaired) electrons. The summed E-state index contributed by atoms with van der Waals surface area (Å²) in [7, 11) is 0. The van der Waals surface area contributed by atoms with Crippen LogP contribution >= 0.6 is 0 Å². The Kier molecular flexibility index (Phi) is 2.50. The fourth-order valence-electron chi connectivity index (χ4n) is 4.29. The van der Waals surface area contributed by atoms with Gasteiger partial charge in [-0.05, 0) is 31.9 Å². The number of ketones is 1. The zero-order valence-corrected chi connectivity index (χ0v) is 11.6. The molecule has 1 N–H and O–H groups in total. The number of hydrogen-bond acceptors (Lipinski definition) is 4. The summed E-state index contributed by atoms with van der Waals surface area (Å²) in [5.74, 6) is -0.511. The number of rotatable bonds is 0. The first-order chi connectivity index (χ1) is 8.77. The molecule has 3 rings (SSSR count). The normalized spacial score (nSPS) is 52.6. The van der Waals surface area contributed by atoms with Crippen molar-refractivity contribution in [2.45, 2.75) is 45.3 Å². The van der Waals surface area contributed by atoms with Crippen molar-refractivity contribution in [3.8, 4) is 0 Å². The first kappa shape index (κ1) is 12.9. The van der Waals surface area contributed by atoms with Crippen LogP contribution in [-0.4, -0.2) is 28.6 Å². The Labute approximate surface area is 112 Å². The van der Waals surface area contributed by atoms with Crippen LogP contribution in [0.2, 0.25) is 0 Å². The molecular weight excluding hydrogens is 244 g/mol. The van der Waals surface area contributed by atoms with Crippen LogP contribution in [0.5, 0.6) is 0 Å². The number of allylic oxidation sites excluding steroid dienone is 1. The van der Waals surface area contributed by atoms with Crippen molar-refractivity contribution in [3.05, 3.63) is 12.2 Å². The molecule has 1 saturated heterocycles. The Morgan fingerprint density at radius 3 is 2.74 bits per heavy atom. The molecule has 0 aromatic carbocycles. The maximum atomic E-state index is 12.3. The second kappa shape index (κ2) is 3.69. The average molecular weight is 264 g/mol. The molecule has 1 aliphatic heterocycles. The number of ether oxygens (including phenoxy) is 1. The van der Waals surface area contributed by atoms with E-state index in [1.54, 1.807) is 13.0 Å². The smallest absolute Gasteiger partial charge is 0.309 e. The monoisotopic (exact) mass is 264 g/mol. The maximum Gasteiger partial charge on any atom is 0.309 e. The molecule has 2 fully saturated rings. The molecule has 4 nitrogen and oxygen atoms in total. The van der Waals surface area contributed by atoms with Gasteiger partial charge in [-0.1, -0.05) is 13.8 Å². The molecule has 0 amide bonds. The van der Waals surface area contributed by atoms with E-state index in [4.69, 9.17) is 4.74 Å². The molecule has 0 unspecified atom stereocenters. The van der Waals surface area contributed by atoms with E-state index in [1.165, 1.54) is 6.08 Å². The van der Waals surface area contributed by atoms with Crippen molar-refractivity contribution >= 4 is 11.8 Å². The summed E-state index contributed by atoms with van der Waals surface area (Å²) in [5, 5.41) is 10.6. The summed E-state index contributed by atoms with van der Waals surface area (Å²) in [6, 6.07) is 0. The highest BCUT2D eigenvalue weighted by atomic mass is 16.6. The van der Waals surface area contributed by atoms with Crippen molar-refractivity contribution in [1.29, 1.82) is 0 Å². The number of hydrogen-bond donors (Lipinski definition) is 1. The van der Waals surface area contributed by atoms with Crippen LogP contribution in [0.25, 0.3) is 0 Å². The van der Waals surface area contributed by atoms with Crippen molar-refractivity contribution in [1.82, 2.24) is 0 Å². The lowest BCUT2D eigenvalue weighted by atomic mass is 9.53. The average Bonchev–Trinajstić information content (AvgIpc) is 2.60. The fraction of sp³-hybridized carbons (Fsp3) is 0.733. The lowest BCUT2D eigenvalue weighted by molar-refractivity contribution is -0.167. The molecule has 0 aromatic heterocycles. The van der Waals surface area contributed by atoms with E-state index in [1.807, 2.05) is 13.8 Å². The van der Waals surface area contributed by atoms with E-state index in [2.05, 4.69) is 0 Å². The first-order valence-corrected chi connectivity index (χ1v) is 6.94. The van der Waals surface area contributed by atoms with Crippen molar-refractivity contribution in [3.63, 3.8) is 0 Å². The fourth-order valence-corrected chi connectivity index (χ4v) is 4.29. The Hall–Kier alpha value is -1.16. The Morgan fingerprint density at radius 1 is 1.37 bits per heavy atom. The minimum absolute atomic E-state index is 0.0399. The van der Waals surface area contributed by atoms with Gasteiger partial charge in [0.05, 0.1) is 11.5 Å². The Morgan fingerprint density at radius 2 is 2.05 bits per heavy atom. The highest BCUT2D eigenvalue weighted by Crippen LogP contribution is 2.56. The predicted octanol–water partition coefficient (Wildman–Crippen LogP) is 1.47. The van der Waals surface area contributed by atoms with E-state index < -0.39 is 11.0 Å². The molecule has 19 heavy (non-hydrogen) atoms. The second-order valence-electron chi connectivity index (χ2n) is 6.71. The van der Waals surface area contributed by atoms with Crippen molar-refractivity contribution in [2.24, 2.45) is 23.2 Å². The topological polar surface area (TPSA) is 63.6 Å². The molecule has 104 valence electrons. The maximum absolute atomic E-state index is 12.3. The minimum atomic E-state index is -1.10. The molecule has 4 heteroatoms. The predicted molar refractivity (Wildman–Crippen MR) is 68.1 cm³/mol. The molecular formula is C15H20O4. The molecule has 0 bridgehead atoms. The summed E-state index contributed by atoms with van der Waals surface area (Å²) in [5.41, 5.74) is -1.72. The van der Waals surface area contributed by atoms with Gasteiger partial charge in [0.25, 0.3) is 0 Å². The van der Waals surface area contributed by atoms with E-state index in [0.29, 0.717) is 6.42 Å². The molecule has 6 atom stereocenters. The third-order valence-corrected chi connectivity index (χ3v) is 5.46. The number of aliphatic hydroxyl groups is 1. The molecule has 1 heterocycles. The third kappa shape index (κ3) is 1.55. The van der Waals surface area contributed by atoms with E-state index in [9.17, 15) is 14.7 Å². The van der Waals surface area contributed by atoms with Gasteiger partial charge in [-0.15, -0.1) is 0 Å². The van der Waals surface area contributed by atoms with Gasteiger partial charge in [-0.3, -0.25) is 9.59 Å². The zero-order chi connectivity index (χ0) is 14.0. The van der Waals surface area contributed by atoms with Crippen LogP contribution < -0.4 is 0 Å². The van der Waals surface area contributed by atoms with Gasteiger partial charge in [0.1, 0.15) is 6.10 Å². The first-order valence-electron chi connectivity index (χ1n) is 6.94. The molecule has 1 saturated carbocycles. The van der Waals surface area contributed by atoms with E-state index in [-0.39, 0.29) is 35.6 Å². The van der Waals surface area contributed by atoms with Gasteiger partial charge in [-0.25, -0.2) is 0 Å². The van der Waals surface area contributed by atoms with Gasteiger partial charge in [0, 0.05) is 17.3 Å². The second-order valence-corrected chi connectivity index (χ2v) is 6.71. The highest BCUT2D eigenvalue weighted by Gasteiger charge is 2.62. The lowest BCUT2D eigenvalue weighted by Crippen LogP contribution is -2.59. The molecule has 0 spiro atoms. The van der Waals surface area contributed by atoms with Crippen LogP contribution in [0.1, 0.15) is 33.6 Å². The number of fused-ring (bicyclic) bond motifs is 3. The van der Waals surface area contributed by atoms with Gasteiger partial charge < -0.3 is 9.84 Å². The zero-order valence-electron chi connectivity index (χ0n) is 11.6. The number of carbonyl (C=O) groups is 2. The van der Waals surface area contributed by atoms with Crippen molar-refractivity contribution < 1.29 is 19.4 Å². The van der Waals surface area contributed by atoms with Crippen LogP contribution in [0.4, 0.5) is 0 Å². The molecule has 2 aliphatic carbocycles. The standard InChI is InChI=1S/C15H20O4/c1-8-9-4-6-14(2)10(16)5-7-15(3,18)12(14)11(9)19-13(8)17/h5,7-9,11-12,18H,4,6H2,1-3H3/t8-,9-,11-,12-,14+,15+/m1/s1. The molecule has 0 aromatic rings. The summed E-state index contributed by atoms with van der Waals surface area (Å²) in [6.45, 7) is 5.48. The quantitative estimate of drug-likeness (QED) is 0.673. The SMILES string of the molecule is C[C@H]1C(=O)O[C@@H]2[C@@H]1CC[C@@]1(C)C(=O)C=C[C@](C)(O)[C@H]21. The van der Waals surface area contributed by atoms with Gasteiger partial charge in [0.2, 0.25) is 0 Å². The summed E-state index contributed by atoms with van der Waals surface area (Å²) >= 11 is 0. The van der Waals surface area contributed by atoms with Gasteiger partial charge >= 0.3 is 5.97 Å². The van der Waals surface area contributed by atoms with Crippen LogP contribution in [-0.2, 0) is 14.3 Å². The lowest BCUT2D eigenvalue weighted by Gasteiger charge is -2.52.